The molecule has 0 saturated carbocycles. The number of nitriles is 2. The first-order chi connectivity index (χ1) is 44.9. The number of hydrogen-bond acceptors (Lipinski definition) is 14. The lowest BCUT2D eigenvalue weighted by molar-refractivity contribution is -0.106. The van der Waals surface area contributed by atoms with Crippen molar-refractivity contribution >= 4 is 68.4 Å². The van der Waals surface area contributed by atoms with Gasteiger partial charge in [-0.25, -0.2) is 31.5 Å². The van der Waals surface area contributed by atoms with Crippen LogP contribution in [-0.2, 0) is 4.79 Å². The average molecular weight is 1320 g/mol. The van der Waals surface area contributed by atoms with Crippen molar-refractivity contribution in [3.8, 4) is 80.4 Å². The molecule has 94 heavy (non-hydrogen) atoms. The number of anilines is 2. The number of para-hydroxylation sites is 4. The summed E-state index contributed by atoms with van der Waals surface area (Å²) < 4.78 is 22.9. The van der Waals surface area contributed by atoms with Crippen LogP contribution in [0.5, 0.6) is 46.0 Å². The number of aromatic amines is 2. The number of halogens is 1. The van der Waals surface area contributed by atoms with E-state index in [1.54, 1.807) is 43.5 Å². The van der Waals surface area contributed by atoms with Crippen LogP contribution in [0.25, 0.3) is 53.4 Å². The summed E-state index contributed by atoms with van der Waals surface area (Å²) in [5.74, 6) is 7.05. The van der Waals surface area contributed by atoms with Crippen molar-refractivity contribution < 1.29 is 28.5 Å². The van der Waals surface area contributed by atoms with Crippen LogP contribution in [0.2, 0.25) is 0 Å². The first-order valence-corrected chi connectivity index (χ1v) is 28.4. The summed E-state index contributed by atoms with van der Waals surface area (Å²) in [7, 11) is 0. The molecule has 472 valence electrons. The summed E-state index contributed by atoms with van der Waals surface area (Å²) in [6.45, 7) is 21.8. The van der Waals surface area contributed by atoms with E-state index in [0.29, 0.717) is 39.5 Å². The third-order valence-electron chi connectivity index (χ3n) is 12.0. The van der Waals surface area contributed by atoms with Crippen molar-refractivity contribution in [2.45, 2.75) is 14.4 Å². The van der Waals surface area contributed by atoms with Crippen LogP contribution in [0.15, 0.2) is 243 Å². The van der Waals surface area contributed by atoms with E-state index in [4.69, 9.17) is 70.9 Å². The minimum atomic E-state index is -0.0139. The van der Waals surface area contributed by atoms with Gasteiger partial charge in [0.15, 0.2) is 5.78 Å². The molecule has 0 unspecified atom stereocenters. The number of nitrogen functional groups attached to an aromatic ring is 2. The lowest BCUT2D eigenvalue weighted by Crippen LogP contribution is -1.92. The second kappa shape index (κ2) is 41.8. The molecule has 0 aliphatic heterocycles. The van der Waals surface area contributed by atoms with Crippen LogP contribution in [0.4, 0.5) is 17.3 Å². The number of carbonyl (C=O) groups is 2. The molecular weight excluding hydrogens is 1250 g/mol. The smallest absolute Gasteiger partial charge is 0.298 e. The third kappa shape index (κ3) is 24.0. The van der Waals surface area contributed by atoms with Crippen molar-refractivity contribution in [1.29, 1.82) is 15.9 Å². The number of nitrogens with two attached hydrogens (primary N) is 4. The number of amides is 1. The minimum absolute atomic E-state index is 0. The van der Waals surface area contributed by atoms with Gasteiger partial charge in [-0.1, -0.05) is 133 Å². The highest BCUT2D eigenvalue weighted by molar-refractivity contribution is 9.09. The van der Waals surface area contributed by atoms with Crippen molar-refractivity contribution in [3.05, 3.63) is 288 Å². The number of nitrogens with one attached hydrogen (secondary N) is 3. The Hall–Kier alpha value is -13.3. The zero-order chi connectivity index (χ0) is 66.3. The highest BCUT2D eigenvalue weighted by Gasteiger charge is 2.13. The maximum atomic E-state index is 11.1. The van der Waals surface area contributed by atoms with Crippen LogP contribution in [-0.4, -0.2) is 50.3 Å². The Kier molecular flexibility index (Phi) is 33.3. The molecule has 0 fully saturated rings. The molecule has 8 aromatic carbocycles. The number of nitrogens with zero attached hydrogens (tertiary/aromatic N) is 7. The number of fused-ring (bicyclic) bond motifs is 1. The normalized spacial score (nSPS) is 9.50. The average Bonchev–Trinajstić information content (AvgIpc) is 1.65. The number of carbonyl (C=O) groups excluding carboxylic acids is 2. The number of rotatable bonds is 13. The summed E-state index contributed by atoms with van der Waals surface area (Å²) >= 11 is 3.32. The molecule has 14 N–H and O–H groups in total. The van der Waals surface area contributed by atoms with Crippen LogP contribution in [0.1, 0.15) is 30.3 Å². The Labute approximate surface area is 553 Å². The molecule has 0 radical (unpaired) electrons. The lowest BCUT2D eigenvalue weighted by atomic mass is 10.1. The summed E-state index contributed by atoms with van der Waals surface area (Å²) in [6.07, 6.45) is 6.09. The van der Waals surface area contributed by atoms with E-state index in [9.17, 15) is 4.79 Å². The molecule has 11 aromatic rings. The SMILES string of the molecule is C.CC(=O)c1ccc(Oc2ccccc2)cc1.N.N=CN.NC=O.Nc1ncnc2[nH]cc(-c3ccc(Oc4ccccc4)cc3)c12.[C-]#[N+]/C(C#N)=C(/CBr)c1ccc(Oc2ccccc2)cc1.[C-]#[N+]CC#N.[C-]#[N+]c1c(-c2ccc(Oc3ccccc3)cc2)c[nH]c1N. The molecule has 11 rings (SSSR count). The number of Topliss-reactive ketones (excluding diaryl/α,β-unsaturated/α-hetero) is 1. The molecule has 1 amide bonds. The highest BCUT2D eigenvalue weighted by atomic mass is 79.9. The molecule has 0 saturated heterocycles. The maximum Gasteiger partial charge on any atom is 0.298 e. The van der Waals surface area contributed by atoms with Gasteiger partial charge in [0.25, 0.3) is 12.2 Å². The lowest BCUT2D eigenvalue weighted by Gasteiger charge is -2.08. The number of alkyl halides is 1. The van der Waals surface area contributed by atoms with Gasteiger partial charge in [0.1, 0.15) is 75.7 Å². The second-order valence-electron chi connectivity index (χ2n) is 18.0. The van der Waals surface area contributed by atoms with Gasteiger partial charge in [-0.15, -0.1) is 0 Å². The fourth-order valence-electron chi connectivity index (χ4n) is 7.84. The van der Waals surface area contributed by atoms with Crippen LogP contribution >= 0.6 is 15.9 Å². The van der Waals surface area contributed by atoms with E-state index in [1.807, 2.05) is 206 Å². The Balaban J connectivity index is 0.000000309. The number of primary amides is 1. The number of benzene rings is 8. The summed E-state index contributed by atoms with van der Waals surface area (Å²) in [4.78, 5) is 43.4. The second-order valence-corrected chi connectivity index (χ2v) is 18.6. The van der Waals surface area contributed by atoms with Gasteiger partial charge in [0.2, 0.25) is 12.1 Å². The van der Waals surface area contributed by atoms with Gasteiger partial charge in [-0.3, -0.25) is 15.0 Å². The zero-order valence-electron chi connectivity index (χ0n) is 50.1. The molecule has 21 nitrogen and oxygen atoms in total. The number of allylic oxidation sites excluding steroid dienone is 2. The Morgan fingerprint density at radius 3 is 1.29 bits per heavy atom. The van der Waals surface area contributed by atoms with E-state index in [0.717, 1.165) is 85.4 Å². The highest BCUT2D eigenvalue weighted by Crippen LogP contribution is 2.37. The van der Waals surface area contributed by atoms with Crippen molar-refractivity contribution in [2.24, 2.45) is 11.5 Å². The number of hydrogen-bond donors (Lipinski definition) is 8. The Bertz CT molecular complexity index is 4300. The molecule has 0 atom stereocenters. The van der Waals surface area contributed by atoms with Gasteiger partial charge in [-0.05, 0) is 145 Å². The number of ketones is 1. The van der Waals surface area contributed by atoms with Crippen molar-refractivity contribution in [1.82, 2.24) is 26.1 Å². The first-order valence-electron chi connectivity index (χ1n) is 27.3. The molecule has 3 heterocycles. The molecule has 0 aliphatic rings. The topological polar surface area (TPSA) is 352 Å². The van der Waals surface area contributed by atoms with Crippen LogP contribution in [0.3, 0.4) is 0 Å². The number of H-pyrrole nitrogens is 2. The zero-order valence-corrected chi connectivity index (χ0v) is 51.6. The standard InChI is InChI=1S/C18H14N4O.C17H11BrN2O.C17H13N3O.C14H12O2.C3H2N2.CH4N2.CH3NO.CH4.H3N/c19-17-16-15(10-20-18(16)22-11-21-17)12-6-8-14(9-7-12)23-13-4-2-1-3-5-13;1-20-17(12-19)16(11-18)13-7-9-15(10-8-13)21-14-5-3-2-4-6-14;1-19-16-15(11-20-17(16)18)12-7-9-14(10-8-12)21-13-5-3-2-4-6-13;1-11(15)12-7-9-14(10-8-12)16-13-5-3-2-4-6-13;1-5-3-2-4;2*2-1-3;;/h1-11H,(H3,19,20,21,22);2-10H,11H2;2-11,20H,18H2;2-10H,1H3;3H2;1H,(H3,2,3);1H,(H2,2,3);1H4;1H3/b;17-16-;;;;;;;. The van der Waals surface area contributed by atoms with E-state index in [2.05, 4.69) is 61.9 Å². The van der Waals surface area contributed by atoms with Crippen molar-refractivity contribution in [3.63, 3.8) is 0 Å². The minimum Gasteiger partial charge on any atom is -0.457 e. The van der Waals surface area contributed by atoms with Gasteiger partial charge < -0.3 is 62.8 Å². The molecule has 3 aromatic heterocycles. The summed E-state index contributed by atoms with van der Waals surface area (Å²) in [5.41, 5.74) is 27.5. The van der Waals surface area contributed by atoms with Crippen LogP contribution in [0, 0.1) is 47.8 Å². The molecule has 0 aliphatic carbocycles. The summed E-state index contributed by atoms with van der Waals surface area (Å²) in [5, 5.41) is 23.7. The molecule has 0 spiro atoms. The predicted octanol–water partition coefficient (Wildman–Crippen LogP) is 17.2. The molecule has 0 bridgehead atoms. The molecular formula is C72H66BrN15O6. The predicted molar refractivity (Wildman–Crippen MR) is 375 cm³/mol. The maximum absolute atomic E-state index is 11.1. The van der Waals surface area contributed by atoms with E-state index >= 15 is 0 Å². The van der Waals surface area contributed by atoms with E-state index in [1.165, 1.54) is 6.33 Å². The van der Waals surface area contributed by atoms with E-state index in [-0.39, 0.29) is 38.0 Å². The van der Waals surface area contributed by atoms with Gasteiger partial charge in [-0.2, -0.15) is 5.26 Å². The monoisotopic (exact) mass is 1320 g/mol. The Morgan fingerprint density at radius 2 is 0.957 bits per heavy atom. The van der Waals surface area contributed by atoms with Gasteiger partial charge in [0, 0.05) is 28.2 Å². The van der Waals surface area contributed by atoms with Crippen LogP contribution < -0.4 is 48.0 Å². The quantitative estimate of drug-likeness (QED) is 0.00778. The first kappa shape index (κ1) is 75.0. The van der Waals surface area contributed by atoms with E-state index < -0.39 is 0 Å². The van der Waals surface area contributed by atoms with Crippen molar-refractivity contribution in [2.75, 3.05) is 23.3 Å². The molecule has 22 heteroatoms. The fourth-order valence-corrected chi connectivity index (χ4v) is 8.43. The largest absolute Gasteiger partial charge is 0.457 e. The van der Waals surface area contributed by atoms with Gasteiger partial charge in [0.05, 0.1) is 30.9 Å². The number of aromatic nitrogens is 4. The van der Waals surface area contributed by atoms with Gasteiger partial charge >= 0.3 is 0 Å². The summed E-state index contributed by atoms with van der Waals surface area (Å²) in [6, 6.07) is 71.8. The number of ether oxygens (including phenoxy) is 4. The fraction of sp³-hybridized carbons (Fsp3) is 0.0556. The third-order valence-corrected chi connectivity index (χ3v) is 12.6. The Morgan fingerprint density at radius 1 is 0.596 bits per heavy atom.